The van der Waals surface area contributed by atoms with Crippen molar-refractivity contribution in [1.82, 2.24) is 19.4 Å². The molecule has 1 atom stereocenters. The molecule has 2 aromatic heterocycles. The second kappa shape index (κ2) is 5.51. The van der Waals surface area contributed by atoms with Crippen LogP contribution in [0.1, 0.15) is 47.0 Å². The summed E-state index contributed by atoms with van der Waals surface area (Å²) in [6.07, 6.45) is 7.97. The Morgan fingerprint density at radius 1 is 1.35 bits per heavy atom. The third-order valence-electron chi connectivity index (χ3n) is 4.35. The van der Waals surface area contributed by atoms with Crippen LogP contribution in [0.4, 0.5) is 4.79 Å². The summed E-state index contributed by atoms with van der Waals surface area (Å²) >= 11 is 0. The number of piperidine rings is 1. The lowest BCUT2D eigenvalue weighted by Gasteiger charge is -2.45. The SMILES string of the molecule is CC(C)(C)OC(=O)N1CCCCC1(C)n1cnc2cnccc21. The van der Waals surface area contributed by atoms with E-state index in [9.17, 15) is 4.79 Å². The molecule has 1 fully saturated rings. The molecule has 23 heavy (non-hydrogen) atoms. The lowest BCUT2D eigenvalue weighted by atomic mass is 9.96. The van der Waals surface area contributed by atoms with Crippen molar-refractivity contribution in [1.29, 1.82) is 0 Å². The van der Waals surface area contributed by atoms with Crippen molar-refractivity contribution in [3.63, 3.8) is 0 Å². The monoisotopic (exact) mass is 316 g/mol. The summed E-state index contributed by atoms with van der Waals surface area (Å²) in [5.41, 5.74) is 0.842. The van der Waals surface area contributed by atoms with Crippen molar-refractivity contribution in [3.8, 4) is 0 Å². The Bertz CT molecular complexity index is 719. The third-order valence-corrected chi connectivity index (χ3v) is 4.35. The minimum Gasteiger partial charge on any atom is -0.444 e. The van der Waals surface area contributed by atoms with Gasteiger partial charge in [-0.3, -0.25) is 9.88 Å². The summed E-state index contributed by atoms with van der Waals surface area (Å²) in [4.78, 5) is 23.1. The van der Waals surface area contributed by atoms with Gasteiger partial charge in [0.15, 0.2) is 0 Å². The molecule has 1 aliphatic heterocycles. The first-order valence-corrected chi connectivity index (χ1v) is 8.09. The first-order valence-electron chi connectivity index (χ1n) is 8.09. The molecule has 0 aliphatic carbocycles. The number of amides is 1. The number of hydrogen-bond donors (Lipinski definition) is 0. The van der Waals surface area contributed by atoms with Gasteiger partial charge in [-0.25, -0.2) is 9.78 Å². The number of nitrogens with zero attached hydrogens (tertiary/aromatic N) is 4. The highest BCUT2D eigenvalue weighted by Crippen LogP contribution is 2.35. The number of fused-ring (bicyclic) bond motifs is 1. The molecule has 1 aliphatic rings. The Balaban J connectivity index is 2.01. The molecule has 0 N–H and O–H groups in total. The maximum Gasteiger partial charge on any atom is 0.412 e. The van der Waals surface area contributed by atoms with E-state index in [0.717, 1.165) is 30.3 Å². The van der Waals surface area contributed by atoms with Gasteiger partial charge in [-0.15, -0.1) is 0 Å². The fraction of sp³-hybridized carbons (Fsp3) is 0.588. The molecule has 0 aromatic carbocycles. The van der Waals surface area contributed by atoms with Gasteiger partial charge in [-0.2, -0.15) is 0 Å². The molecule has 3 rings (SSSR count). The van der Waals surface area contributed by atoms with Crippen LogP contribution >= 0.6 is 0 Å². The molecular weight excluding hydrogens is 292 g/mol. The molecule has 6 heteroatoms. The molecule has 6 nitrogen and oxygen atoms in total. The number of carbonyl (C=O) groups is 1. The molecule has 1 amide bonds. The quantitative estimate of drug-likeness (QED) is 0.807. The number of carbonyl (C=O) groups excluding carboxylic acids is 1. The predicted octanol–water partition coefficient (Wildman–Crippen LogP) is 3.53. The van der Waals surface area contributed by atoms with Crippen LogP contribution in [0.3, 0.4) is 0 Å². The van der Waals surface area contributed by atoms with Gasteiger partial charge < -0.3 is 9.30 Å². The van der Waals surface area contributed by atoms with Crippen molar-refractivity contribution in [2.45, 2.75) is 58.2 Å². The fourth-order valence-electron chi connectivity index (χ4n) is 3.21. The van der Waals surface area contributed by atoms with Crippen molar-refractivity contribution >= 4 is 17.1 Å². The summed E-state index contributed by atoms with van der Waals surface area (Å²) in [7, 11) is 0. The Kier molecular flexibility index (Phi) is 3.78. The fourth-order valence-corrected chi connectivity index (χ4v) is 3.21. The van der Waals surface area contributed by atoms with Crippen molar-refractivity contribution in [2.24, 2.45) is 0 Å². The zero-order valence-corrected chi connectivity index (χ0v) is 14.2. The molecule has 0 bridgehead atoms. The van der Waals surface area contributed by atoms with E-state index in [-0.39, 0.29) is 6.09 Å². The second-order valence-corrected chi connectivity index (χ2v) is 7.29. The summed E-state index contributed by atoms with van der Waals surface area (Å²) in [6, 6.07) is 1.94. The number of likely N-dealkylation sites (tertiary alicyclic amines) is 1. The minimum atomic E-state index is -0.504. The maximum absolute atomic E-state index is 12.7. The third kappa shape index (κ3) is 2.90. The smallest absolute Gasteiger partial charge is 0.412 e. The van der Waals surface area contributed by atoms with Gasteiger partial charge in [-0.1, -0.05) is 0 Å². The van der Waals surface area contributed by atoms with E-state index in [2.05, 4.69) is 21.5 Å². The van der Waals surface area contributed by atoms with Crippen LogP contribution in [0.25, 0.3) is 11.0 Å². The molecule has 1 unspecified atom stereocenters. The van der Waals surface area contributed by atoms with E-state index in [4.69, 9.17) is 4.74 Å². The summed E-state index contributed by atoms with van der Waals surface area (Å²) < 4.78 is 7.70. The van der Waals surface area contributed by atoms with Crippen LogP contribution in [-0.2, 0) is 10.4 Å². The average Bonchev–Trinajstić information content (AvgIpc) is 2.90. The van der Waals surface area contributed by atoms with Crippen molar-refractivity contribution in [3.05, 3.63) is 24.8 Å². The van der Waals surface area contributed by atoms with Gasteiger partial charge in [0.05, 0.1) is 18.0 Å². The topological polar surface area (TPSA) is 60.2 Å². The largest absolute Gasteiger partial charge is 0.444 e. The Morgan fingerprint density at radius 3 is 2.87 bits per heavy atom. The summed E-state index contributed by atoms with van der Waals surface area (Å²) in [5, 5.41) is 0. The van der Waals surface area contributed by atoms with Crippen LogP contribution in [-0.4, -0.2) is 37.7 Å². The van der Waals surface area contributed by atoms with Gasteiger partial charge in [-0.05, 0) is 53.0 Å². The Hall–Kier alpha value is -2.11. The normalized spacial score (nSPS) is 22.3. The van der Waals surface area contributed by atoms with E-state index in [1.54, 1.807) is 18.7 Å². The van der Waals surface area contributed by atoms with E-state index < -0.39 is 11.3 Å². The lowest BCUT2D eigenvalue weighted by molar-refractivity contribution is -0.0354. The van der Waals surface area contributed by atoms with Gasteiger partial charge in [0, 0.05) is 12.7 Å². The molecule has 2 aromatic rings. The highest BCUT2D eigenvalue weighted by Gasteiger charge is 2.41. The first-order chi connectivity index (χ1) is 10.8. The summed E-state index contributed by atoms with van der Waals surface area (Å²) in [5.74, 6) is 0. The highest BCUT2D eigenvalue weighted by atomic mass is 16.6. The predicted molar refractivity (Wildman–Crippen MR) is 88.0 cm³/mol. The van der Waals surface area contributed by atoms with E-state index in [1.807, 2.05) is 31.7 Å². The van der Waals surface area contributed by atoms with Crippen LogP contribution < -0.4 is 0 Å². The van der Waals surface area contributed by atoms with Crippen LogP contribution in [0.5, 0.6) is 0 Å². The number of ether oxygens (including phenoxy) is 1. The van der Waals surface area contributed by atoms with E-state index in [0.29, 0.717) is 6.54 Å². The Morgan fingerprint density at radius 2 is 2.13 bits per heavy atom. The molecule has 1 saturated heterocycles. The molecule has 124 valence electrons. The van der Waals surface area contributed by atoms with Crippen LogP contribution in [0.15, 0.2) is 24.8 Å². The second-order valence-electron chi connectivity index (χ2n) is 7.29. The first kappa shape index (κ1) is 15.8. The standard InChI is InChI=1S/C17H24N4O2/c1-16(2,3)23-15(22)20-10-6-5-8-17(20,4)21-12-19-13-11-18-9-7-14(13)21/h7,9,11-12H,5-6,8,10H2,1-4H3. The van der Waals surface area contributed by atoms with E-state index in [1.165, 1.54) is 0 Å². The zero-order chi connectivity index (χ0) is 16.7. The van der Waals surface area contributed by atoms with E-state index >= 15 is 0 Å². The number of aromatic nitrogens is 3. The minimum absolute atomic E-state index is 0.268. The summed E-state index contributed by atoms with van der Waals surface area (Å²) in [6.45, 7) is 8.45. The molecule has 0 saturated carbocycles. The number of hydrogen-bond acceptors (Lipinski definition) is 4. The molecule has 0 spiro atoms. The Labute approximate surface area is 136 Å². The van der Waals surface area contributed by atoms with Crippen molar-refractivity contribution in [2.75, 3.05) is 6.54 Å². The molecule has 0 radical (unpaired) electrons. The van der Waals surface area contributed by atoms with Crippen LogP contribution in [0, 0.1) is 0 Å². The average molecular weight is 316 g/mol. The van der Waals surface area contributed by atoms with Gasteiger partial charge in [0.2, 0.25) is 0 Å². The van der Waals surface area contributed by atoms with Crippen molar-refractivity contribution < 1.29 is 9.53 Å². The highest BCUT2D eigenvalue weighted by molar-refractivity contribution is 5.75. The number of pyridine rings is 1. The van der Waals surface area contributed by atoms with Gasteiger partial charge in [0.1, 0.15) is 16.8 Å². The lowest BCUT2D eigenvalue weighted by Crippen LogP contribution is -2.55. The number of rotatable bonds is 1. The van der Waals surface area contributed by atoms with Gasteiger partial charge >= 0.3 is 6.09 Å². The van der Waals surface area contributed by atoms with Crippen LogP contribution in [0.2, 0.25) is 0 Å². The molecular formula is C17H24N4O2. The zero-order valence-electron chi connectivity index (χ0n) is 14.2. The van der Waals surface area contributed by atoms with Gasteiger partial charge in [0.25, 0.3) is 0 Å². The maximum atomic E-state index is 12.7. The number of imidazole rings is 1. The molecule has 3 heterocycles.